The number of nitrogens with zero attached hydrogens (tertiary/aromatic N) is 4. The zero-order chi connectivity index (χ0) is 22.3. The number of aryl methyl sites for hydroxylation is 1. The fraction of sp³-hybridized carbons (Fsp3) is 0.292. The largest absolute Gasteiger partial charge is 0.330 e. The fourth-order valence-electron chi connectivity index (χ4n) is 4.15. The molecule has 7 heteroatoms. The third kappa shape index (κ3) is 3.30. The Morgan fingerprint density at radius 1 is 1.03 bits per heavy atom. The van der Waals surface area contributed by atoms with Gasteiger partial charge in [-0.25, -0.2) is 4.98 Å². The molecule has 3 aromatic rings. The molecule has 4 rings (SSSR count). The number of benzene rings is 2. The standard InChI is InChI=1S/C24H22N4O3/c1-14(2)12-20(28-23(30)15-8-4-5-9-16(15)24(28)31)21(29)17(13-25)22-26-18-10-6-7-11-19(18)27(22)3/h4-11,14,17,20H,12H2,1-3H3/t17-,20+/m0/s1. The quantitative estimate of drug-likeness (QED) is 0.576. The molecule has 2 amide bonds. The van der Waals surface area contributed by atoms with E-state index in [0.717, 1.165) is 10.4 Å². The number of rotatable bonds is 6. The molecule has 1 aliphatic heterocycles. The molecule has 0 N–H and O–H groups in total. The fourth-order valence-corrected chi connectivity index (χ4v) is 4.15. The number of fused-ring (bicyclic) bond motifs is 2. The Kier molecular flexibility index (Phi) is 5.15. The van der Waals surface area contributed by atoms with Gasteiger partial charge in [0.25, 0.3) is 11.8 Å². The van der Waals surface area contributed by atoms with Crippen molar-refractivity contribution in [2.45, 2.75) is 32.2 Å². The highest BCUT2D eigenvalue weighted by Gasteiger charge is 2.45. The van der Waals surface area contributed by atoms with Crippen LogP contribution in [0.2, 0.25) is 0 Å². The van der Waals surface area contributed by atoms with Gasteiger partial charge in [-0.15, -0.1) is 0 Å². The molecule has 0 saturated carbocycles. The monoisotopic (exact) mass is 414 g/mol. The summed E-state index contributed by atoms with van der Waals surface area (Å²) in [5, 5.41) is 9.92. The number of ketones is 1. The molecule has 0 fully saturated rings. The van der Waals surface area contributed by atoms with Crippen molar-refractivity contribution in [2.75, 3.05) is 0 Å². The average molecular weight is 414 g/mol. The Balaban J connectivity index is 1.76. The van der Waals surface area contributed by atoms with E-state index in [1.807, 2.05) is 38.1 Å². The predicted octanol–water partition coefficient (Wildman–Crippen LogP) is 3.46. The summed E-state index contributed by atoms with van der Waals surface area (Å²) >= 11 is 0. The van der Waals surface area contributed by atoms with Crippen molar-refractivity contribution in [3.8, 4) is 6.07 Å². The smallest absolute Gasteiger partial charge is 0.262 e. The van der Waals surface area contributed by atoms with Crippen LogP contribution in [0.4, 0.5) is 0 Å². The summed E-state index contributed by atoms with van der Waals surface area (Å²) in [5.74, 6) is -2.37. The SMILES string of the molecule is CC(C)C[C@H](C(=O)[C@H](C#N)c1nc2ccccc2n1C)N1C(=O)c2ccccc2C1=O. The molecule has 2 aromatic carbocycles. The molecule has 156 valence electrons. The van der Waals surface area contributed by atoms with Gasteiger partial charge in [-0.05, 0) is 36.6 Å². The minimum atomic E-state index is -1.20. The zero-order valence-electron chi connectivity index (χ0n) is 17.6. The first-order valence-corrected chi connectivity index (χ1v) is 10.2. The Labute approximate surface area is 179 Å². The molecule has 1 aromatic heterocycles. The van der Waals surface area contributed by atoms with Crippen molar-refractivity contribution < 1.29 is 14.4 Å². The molecule has 0 spiro atoms. The van der Waals surface area contributed by atoms with Crippen molar-refractivity contribution in [3.05, 3.63) is 65.5 Å². The summed E-state index contributed by atoms with van der Waals surface area (Å²) < 4.78 is 1.72. The van der Waals surface area contributed by atoms with E-state index in [0.29, 0.717) is 11.3 Å². The van der Waals surface area contributed by atoms with Crippen molar-refractivity contribution in [3.63, 3.8) is 0 Å². The van der Waals surface area contributed by atoms with Crippen LogP contribution in [0.3, 0.4) is 0 Å². The van der Waals surface area contributed by atoms with E-state index in [1.54, 1.807) is 35.9 Å². The second-order valence-corrected chi connectivity index (χ2v) is 8.15. The van der Waals surface area contributed by atoms with Gasteiger partial charge in [0.1, 0.15) is 11.9 Å². The minimum absolute atomic E-state index is 0.0260. The molecule has 31 heavy (non-hydrogen) atoms. The summed E-state index contributed by atoms with van der Waals surface area (Å²) in [6.07, 6.45) is 0.270. The Morgan fingerprint density at radius 3 is 2.16 bits per heavy atom. The highest BCUT2D eigenvalue weighted by atomic mass is 16.2. The number of hydrogen-bond donors (Lipinski definition) is 0. The van der Waals surface area contributed by atoms with E-state index in [4.69, 9.17) is 0 Å². The number of aromatic nitrogens is 2. The number of hydrogen-bond acceptors (Lipinski definition) is 5. The number of para-hydroxylation sites is 2. The van der Waals surface area contributed by atoms with Gasteiger partial charge in [0.05, 0.1) is 28.2 Å². The van der Waals surface area contributed by atoms with Gasteiger partial charge >= 0.3 is 0 Å². The van der Waals surface area contributed by atoms with E-state index in [2.05, 4.69) is 11.1 Å². The molecule has 0 bridgehead atoms. The lowest BCUT2D eigenvalue weighted by Gasteiger charge is -2.28. The third-order valence-corrected chi connectivity index (χ3v) is 5.65. The number of imide groups is 1. The van der Waals surface area contributed by atoms with Crippen molar-refractivity contribution in [1.29, 1.82) is 5.26 Å². The first kappa shape index (κ1) is 20.5. The third-order valence-electron chi connectivity index (χ3n) is 5.65. The number of carbonyl (C=O) groups excluding carboxylic acids is 3. The van der Waals surface area contributed by atoms with Gasteiger partial charge in [0.2, 0.25) is 0 Å². The van der Waals surface area contributed by atoms with Crippen LogP contribution in [-0.2, 0) is 11.8 Å². The maximum Gasteiger partial charge on any atom is 0.262 e. The number of nitriles is 1. The van der Waals surface area contributed by atoms with Crippen LogP contribution in [0.25, 0.3) is 11.0 Å². The molecule has 0 radical (unpaired) electrons. The van der Waals surface area contributed by atoms with E-state index < -0.39 is 29.6 Å². The van der Waals surface area contributed by atoms with Crippen molar-refractivity contribution >= 4 is 28.6 Å². The van der Waals surface area contributed by atoms with Gasteiger partial charge in [-0.1, -0.05) is 38.1 Å². The Hall–Kier alpha value is -3.79. The van der Waals surface area contributed by atoms with Crippen LogP contribution in [-0.4, -0.2) is 38.1 Å². The van der Waals surface area contributed by atoms with Crippen LogP contribution in [0.1, 0.15) is 52.7 Å². The molecule has 2 atom stereocenters. The van der Waals surface area contributed by atoms with Gasteiger partial charge in [-0.3, -0.25) is 19.3 Å². The molecule has 0 saturated heterocycles. The normalized spacial score (nSPS) is 15.3. The molecule has 7 nitrogen and oxygen atoms in total. The lowest BCUT2D eigenvalue weighted by atomic mass is 9.91. The maximum atomic E-state index is 13.6. The molecule has 0 unspecified atom stereocenters. The zero-order valence-corrected chi connectivity index (χ0v) is 17.6. The Bertz CT molecular complexity index is 1220. The average Bonchev–Trinajstić information content (AvgIpc) is 3.22. The minimum Gasteiger partial charge on any atom is -0.330 e. The second-order valence-electron chi connectivity index (χ2n) is 8.15. The molecular weight excluding hydrogens is 392 g/mol. The number of imidazole rings is 1. The van der Waals surface area contributed by atoms with Crippen LogP contribution in [0.15, 0.2) is 48.5 Å². The van der Waals surface area contributed by atoms with E-state index in [9.17, 15) is 19.6 Å². The summed E-state index contributed by atoms with van der Waals surface area (Å²) in [6, 6.07) is 14.9. The summed E-state index contributed by atoms with van der Waals surface area (Å²) in [4.78, 5) is 45.3. The highest BCUT2D eigenvalue weighted by Crippen LogP contribution is 2.31. The van der Waals surface area contributed by atoms with Gasteiger partial charge in [-0.2, -0.15) is 5.26 Å². The van der Waals surface area contributed by atoms with Crippen LogP contribution < -0.4 is 0 Å². The lowest BCUT2D eigenvalue weighted by Crippen LogP contribution is -2.47. The van der Waals surface area contributed by atoms with Gasteiger partial charge < -0.3 is 4.57 Å². The van der Waals surface area contributed by atoms with Crippen molar-refractivity contribution in [2.24, 2.45) is 13.0 Å². The second kappa shape index (κ2) is 7.80. The van der Waals surface area contributed by atoms with Gasteiger partial charge in [0, 0.05) is 7.05 Å². The number of Topliss-reactive ketones (excluding diaryl/α,β-unsaturated/α-hetero) is 1. The Morgan fingerprint density at radius 2 is 1.61 bits per heavy atom. The summed E-state index contributed by atoms with van der Waals surface area (Å²) in [6.45, 7) is 3.82. The molecular formula is C24H22N4O3. The molecule has 1 aliphatic rings. The summed E-state index contributed by atoms with van der Waals surface area (Å²) in [7, 11) is 1.75. The van der Waals surface area contributed by atoms with Gasteiger partial charge in [0.15, 0.2) is 11.7 Å². The molecule has 2 heterocycles. The first-order valence-electron chi connectivity index (χ1n) is 10.2. The first-order chi connectivity index (χ1) is 14.8. The predicted molar refractivity (Wildman–Crippen MR) is 114 cm³/mol. The summed E-state index contributed by atoms with van der Waals surface area (Å²) in [5.41, 5.74) is 2.04. The van der Waals surface area contributed by atoms with Crippen molar-refractivity contribution in [1.82, 2.24) is 14.5 Å². The van der Waals surface area contributed by atoms with E-state index >= 15 is 0 Å². The van der Waals surface area contributed by atoms with E-state index in [1.165, 1.54) is 0 Å². The van der Waals surface area contributed by atoms with E-state index in [-0.39, 0.29) is 23.5 Å². The molecule has 0 aliphatic carbocycles. The van der Waals surface area contributed by atoms with Crippen LogP contribution in [0.5, 0.6) is 0 Å². The highest BCUT2D eigenvalue weighted by molar-refractivity contribution is 6.23. The van der Waals surface area contributed by atoms with Crippen LogP contribution in [0, 0.1) is 17.2 Å². The van der Waals surface area contributed by atoms with Crippen LogP contribution >= 0.6 is 0 Å². The maximum absolute atomic E-state index is 13.6. The number of carbonyl (C=O) groups is 3. The lowest BCUT2D eigenvalue weighted by molar-refractivity contribution is -0.123. The topological polar surface area (TPSA) is 96.1 Å². The number of amides is 2.